The second kappa shape index (κ2) is 4.91. The van der Waals surface area contributed by atoms with E-state index in [2.05, 4.69) is 20.2 Å². The number of rotatable bonds is 3. The number of aryl methyl sites for hydroxylation is 1. The number of anilines is 4. The van der Waals surface area contributed by atoms with Crippen molar-refractivity contribution >= 4 is 23.1 Å². The van der Waals surface area contributed by atoms with E-state index in [0.717, 1.165) is 17.1 Å². The van der Waals surface area contributed by atoms with Gasteiger partial charge in [0.15, 0.2) is 0 Å². The highest BCUT2D eigenvalue weighted by molar-refractivity contribution is 5.61. The SMILES string of the molecule is Cc1cc(Nc2ccc(N(C)C)cc2)nc(N)n1. The Balaban J connectivity index is 2.18. The monoisotopic (exact) mass is 243 g/mol. The van der Waals surface area contributed by atoms with Gasteiger partial charge in [-0.05, 0) is 31.2 Å². The molecule has 2 aromatic rings. The molecule has 0 atom stereocenters. The van der Waals surface area contributed by atoms with Crippen LogP contribution in [0.2, 0.25) is 0 Å². The maximum Gasteiger partial charge on any atom is 0.222 e. The van der Waals surface area contributed by atoms with Crippen LogP contribution in [0.5, 0.6) is 0 Å². The lowest BCUT2D eigenvalue weighted by Crippen LogP contribution is -2.08. The summed E-state index contributed by atoms with van der Waals surface area (Å²) in [6.45, 7) is 1.89. The average Bonchev–Trinajstić information content (AvgIpc) is 2.28. The van der Waals surface area contributed by atoms with Gasteiger partial charge in [-0.15, -0.1) is 0 Å². The first-order valence-electron chi connectivity index (χ1n) is 5.70. The van der Waals surface area contributed by atoms with Gasteiger partial charge in [0.25, 0.3) is 0 Å². The van der Waals surface area contributed by atoms with Crippen molar-refractivity contribution in [2.45, 2.75) is 6.92 Å². The summed E-state index contributed by atoms with van der Waals surface area (Å²) >= 11 is 0. The lowest BCUT2D eigenvalue weighted by Gasteiger charge is -2.13. The molecular formula is C13H17N5. The Morgan fingerprint density at radius 3 is 2.33 bits per heavy atom. The highest BCUT2D eigenvalue weighted by atomic mass is 15.1. The Bertz CT molecular complexity index is 513. The van der Waals surface area contributed by atoms with Crippen LogP contribution in [0.25, 0.3) is 0 Å². The van der Waals surface area contributed by atoms with Crippen LogP contribution >= 0.6 is 0 Å². The largest absolute Gasteiger partial charge is 0.378 e. The second-order valence-electron chi connectivity index (χ2n) is 4.32. The molecule has 0 aliphatic rings. The summed E-state index contributed by atoms with van der Waals surface area (Å²) in [7, 11) is 4.02. The van der Waals surface area contributed by atoms with E-state index in [0.29, 0.717) is 5.82 Å². The van der Waals surface area contributed by atoms with E-state index in [1.165, 1.54) is 0 Å². The quantitative estimate of drug-likeness (QED) is 0.864. The van der Waals surface area contributed by atoms with Gasteiger partial charge >= 0.3 is 0 Å². The molecule has 0 bridgehead atoms. The standard InChI is InChI=1S/C13H17N5/c1-9-8-12(17-13(14)15-9)16-10-4-6-11(7-5-10)18(2)3/h4-8H,1-3H3,(H3,14,15,16,17). The van der Waals surface area contributed by atoms with Gasteiger partial charge in [-0.1, -0.05) is 0 Å². The van der Waals surface area contributed by atoms with Crippen molar-refractivity contribution < 1.29 is 0 Å². The Morgan fingerprint density at radius 2 is 1.78 bits per heavy atom. The molecule has 0 unspecified atom stereocenters. The molecule has 0 amide bonds. The molecule has 0 fully saturated rings. The van der Waals surface area contributed by atoms with Crippen LogP contribution in [-0.2, 0) is 0 Å². The molecule has 1 aromatic heterocycles. The van der Waals surface area contributed by atoms with Gasteiger partial charge in [-0.25, -0.2) is 4.98 Å². The van der Waals surface area contributed by atoms with Gasteiger partial charge in [0.05, 0.1) is 0 Å². The van der Waals surface area contributed by atoms with Gasteiger partial charge in [-0.3, -0.25) is 0 Å². The zero-order valence-electron chi connectivity index (χ0n) is 10.8. The van der Waals surface area contributed by atoms with E-state index in [4.69, 9.17) is 5.73 Å². The number of aromatic nitrogens is 2. The normalized spacial score (nSPS) is 10.2. The molecule has 0 saturated heterocycles. The number of benzene rings is 1. The Kier molecular flexibility index (Phi) is 3.32. The van der Waals surface area contributed by atoms with Crippen LogP contribution in [0.1, 0.15) is 5.69 Å². The fourth-order valence-electron chi connectivity index (χ4n) is 1.65. The molecule has 2 rings (SSSR count). The van der Waals surface area contributed by atoms with Gasteiger partial charge in [0.2, 0.25) is 5.95 Å². The number of hydrogen-bond donors (Lipinski definition) is 2. The molecule has 1 heterocycles. The number of nitrogens with two attached hydrogens (primary N) is 1. The number of nitrogens with zero attached hydrogens (tertiary/aromatic N) is 3. The third-order valence-electron chi connectivity index (χ3n) is 2.53. The number of hydrogen-bond acceptors (Lipinski definition) is 5. The van der Waals surface area contributed by atoms with Crippen LogP contribution in [0.15, 0.2) is 30.3 Å². The zero-order chi connectivity index (χ0) is 13.1. The molecule has 5 heteroatoms. The minimum absolute atomic E-state index is 0.280. The first-order chi connectivity index (χ1) is 8.54. The Labute approximate surface area is 107 Å². The first kappa shape index (κ1) is 12.2. The molecule has 0 aliphatic heterocycles. The van der Waals surface area contributed by atoms with Crippen LogP contribution < -0.4 is 16.0 Å². The summed E-state index contributed by atoms with van der Waals surface area (Å²) in [5.41, 5.74) is 8.57. The minimum atomic E-state index is 0.280. The predicted octanol–water partition coefficient (Wildman–Crippen LogP) is 2.18. The number of nitrogen functional groups attached to an aromatic ring is 1. The summed E-state index contributed by atoms with van der Waals surface area (Å²) in [6, 6.07) is 9.95. The topological polar surface area (TPSA) is 67.1 Å². The van der Waals surface area contributed by atoms with Crippen LogP contribution in [0.4, 0.5) is 23.1 Å². The average molecular weight is 243 g/mol. The van der Waals surface area contributed by atoms with Gasteiger partial charge in [0, 0.05) is 37.2 Å². The first-order valence-corrected chi connectivity index (χ1v) is 5.70. The van der Waals surface area contributed by atoms with Crippen molar-refractivity contribution in [3.8, 4) is 0 Å². The predicted molar refractivity (Wildman–Crippen MR) is 75.2 cm³/mol. The fourth-order valence-corrected chi connectivity index (χ4v) is 1.65. The lowest BCUT2D eigenvalue weighted by atomic mass is 10.2. The van der Waals surface area contributed by atoms with Crippen molar-refractivity contribution in [1.29, 1.82) is 0 Å². The van der Waals surface area contributed by atoms with Gasteiger partial charge in [-0.2, -0.15) is 4.98 Å². The molecule has 0 aliphatic carbocycles. The fraction of sp³-hybridized carbons (Fsp3) is 0.231. The van der Waals surface area contributed by atoms with Crippen LogP contribution in [0, 0.1) is 6.92 Å². The summed E-state index contributed by atoms with van der Waals surface area (Å²) in [5, 5.41) is 3.20. The second-order valence-corrected chi connectivity index (χ2v) is 4.32. The maximum atomic E-state index is 5.61. The van der Waals surface area contributed by atoms with E-state index >= 15 is 0 Å². The third-order valence-corrected chi connectivity index (χ3v) is 2.53. The van der Waals surface area contributed by atoms with E-state index in [1.807, 2.05) is 51.4 Å². The third kappa shape index (κ3) is 2.88. The van der Waals surface area contributed by atoms with Crippen molar-refractivity contribution in [3.63, 3.8) is 0 Å². The molecule has 0 spiro atoms. The van der Waals surface area contributed by atoms with Crippen molar-refractivity contribution in [3.05, 3.63) is 36.0 Å². The Hall–Kier alpha value is -2.30. The molecule has 1 aromatic carbocycles. The van der Waals surface area contributed by atoms with E-state index in [1.54, 1.807) is 0 Å². The maximum absolute atomic E-state index is 5.61. The molecule has 94 valence electrons. The smallest absolute Gasteiger partial charge is 0.222 e. The van der Waals surface area contributed by atoms with Gasteiger partial charge in [0.1, 0.15) is 5.82 Å². The van der Waals surface area contributed by atoms with Crippen molar-refractivity contribution in [2.24, 2.45) is 0 Å². The van der Waals surface area contributed by atoms with Gasteiger partial charge < -0.3 is 16.0 Å². The van der Waals surface area contributed by atoms with E-state index in [-0.39, 0.29) is 5.95 Å². The van der Waals surface area contributed by atoms with Crippen LogP contribution in [-0.4, -0.2) is 24.1 Å². The van der Waals surface area contributed by atoms with Crippen molar-refractivity contribution in [2.75, 3.05) is 30.0 Å². The van der Waals surface area contributed by atoms with Crippen molar-refractivity contribution in [1.82, 2.24) is 9.97 Å². The molecule has 3 N–H and O–H groups in total. The van der Waals surface area contributed by atoms with E-state index in [9.17, 15) is 0 Å². The summed E-state index contributed by atoms with van der Waals surface area (Å²) < 4.78 is 0. The lowest BCUT2D eigenvalue weighted by molar-refractivity contribution is 1.12. The van der Waals surface area contributed by atoms with E-state index < -0.39 is 0 Å². The summed E-state index contributed by atoms with van der Waals surface area (Å²) in [5.74, 6) is 0.986. The number of nitrogens with one attached hydrogen (secondary N) is 1. The molecule has 0 radical (unpaired) electrons. The molecule has 5 nitrogen and oxygen atoms in total. The molecular weight excluding hydrogens is 226 g/mol. The summed E-state index contributed by atoms with van der Waals surface area (Å²) in [6.07, 6.45) is 0. The summed E-state index contributed by atoms with van der Waals surface area (Å²) in [4.78, 5) is 10.2. The molecule has 18 heavy (non-hydrogen) atoms. The molecule has 0 saturated carbocycles. The highest BCUT2D eigenvalue weighted by Crippen LogP contribution is 2.19. The zero-order valence-corrected chi connectivity index (χ0v) is 10.8. The van der Waals surface area contributed by atoms with Crippen LogP contribution in [0.3, 0.4) is 0 Å². The minimum Gasteiger partial charge on any atom is -0.378 e. The highest BCUT2D eigenvalue weighted by Gasteiger charge is 2.00. The Morgan fingerprint density at radius 1 is 1.11 bits per heavy atom.